The van der Waals surface area contributed by atoms with Gasteiger partial charge in [0.25, 0.3) is 0 Å². The van der Waals surface area contributed by atoms with Gasteiger partial charge < -0.3 is 10.6 Å². The lowest BCUT2D eigenvalue weighted by atomic mass is 9.89. The van der Waals surface area contributed by atoms with Crippen LogP contribution < -0.4 is 10.6 Å². The van der Waals surface area contributed by atoms with Crippen molar-refractivity contribution in [3.05, 3.63) is 36.3 Å². The van der Waals surface area contributed by atoms with Crippen LogP contribution in [0.15, 0.2) is 30.7 Å². The molecule has 3 atom stereocenters. The van der Waals surface area contributed by atoms with Crippen LogP contribution in [0.4, 0.5) is 24.9 Å². The lowest BCUT2D eigenvalue weighted by Crippen LogP contribution is -2.53. The summed E-state index contributed by atoms with van der Waals surface area (Å²) in [6.45, 7) is 0.156. The Kier molecular flexibility index (Phi) is 5.90. The Bertz CT molecular complexity index is 1380. The molecule has 4 aromatic rings. The average molecular weight is 500 g/mol. The Morgan fingerprint density at radius 2 is 1.97 bits per heavy atom. The summed E-state index contributed by atoms with van der Waals surface area (Å²) < 4.78 is 45.1. The zero-order valence-electron chi connectivity index (χ0n) is 19.9. The highest BCUT2D eigenvalue weighted by Gasteiger charge is 2.35. The number of piperidine rings is 1. The first kappa shape index (κ1) is 23.0. The van der Waals surface area contributed by atoms with E-state index in [1.54, 1.807) is 30.0 Å². The van der Waals surface area contributed by atoms with E-state index in [4.69, 9.17) is 0 Å². The first-order valence-electron chi connectivity index (χ1n) is 12.3. The highest BCUT2D eigenvalue weighted by molar-refractivity contribution is 5.87. The van der Waals surface area contributed by atoms with Gasteiger partial charge in [-0.2, -0.15) is 10.1 Å². The quantitative estimate of drug-likeness (QED) is 0.400. The van der Waals surface area contributed by atoms with Crippen molar-refractivity contribution in [2.45, 2.75) is 50.1 Å². The van der Waals surface area contributed by atoms with Gasteiger partial charge in [0, 0.05) is 44.1 Å². The van der Waals surface area contributed by atoms with E-state index in [0.29, 0.717) is 47.5 Å². The number of hydrogen-bond donors (Lipinski definition) is 2. The van der Waals surface area contributed by atoms with Crippen LogP contribution in [0.25, 0.3) is 22.4 Å². The molecule has 3 unspecified atom stereocenters. The first-order valence-corrected chi connectivity index (χ1v) is 12.3. The molecule has 0 radical (unpaired) electrons. The molecular weight excluding hydrogens is 471 g/mol. The molecule has 190 valence electrons. The summed E-state index contributed by atoms with van der Waals surface area (Å²) in [6.07, 6.45) is 6.19. The van der Waals surface area contributed by atoms with Gasteiger partial charge in [-0.3, -0.25) is 4.90 Å². The molecule has 2 fully saturated rings. The summed E-state index contributed by atoms with van der Waals surface area (Å²) in [7, 11) is 1.75. The standard InChI is InChI=1S/C24H28F3N9/c1-28-22-21-15(19-7-10-36-23(30-19)16(12-29-36)17(26)11-25)5-9-35(21)33-24(32-22)31-20-6-8-34(13-18(20)27)14-3-2-4-14/h5,7,9-10,12,14,17-18,20H,2-4,6,8,11,13H2,1H3,(H2,28,31,32,33). The molecule has 0 aromatic carbocycles. The average Bonchev–Trinajstić information content (AvgIpc) is 3.47. The van der Waals surface area contributed by atoms with Crippen LogP contribution >= 0.6 is 0 Å². The second-order valence-electron chi connectivity index (χ2n) is 9.49. The van der Waals surface area contributed by atoms with Crippen LogP contribution in [0.3, 0.4) is 0 Å². The Morgan fingerprint density at radius 3 is 2.69 bits per heavy atom. The monoisotopic (exact) mass is 499 g/mol. The number of aromatic nitrogens is 6. The van der Waals surface area contributed by atoms with Crippen molar-refractivity contribution in [2.24, 2.45) is 0 Å². The van der Waals surface area contributed by atoms with Crippen molar-refractivity contribution >= 4 is 22.9 Å². The Hall–Kier alpha value is -3.41. The molecule has 2 aliphatic rings. The zero-order chi connectivity index (χ0) is 24.8. The third-order valence-corrected chi connectivity index (χ3v) is 7.37. The normalized spacial score (nSPS) is 22.1. The Morgan fingerprint density at radius 1 is 1.14 bits per heavy atom. The summed E-state index contributed by atoms with van der Waals surface area (Å²) in [5.41, 5.74) is 2.28. The van der Waals surface area contributed by atoms with Gasteiger partial charge in [0.1, 0.15) is 18.4 Å². The van der Waals surface area contributed by atoms with Gasteiger partial charge in [-0.25, -0.2) is 27.2 Å². The minimum atomic E-state index is -1.79. The smallest absolute Gasteiger partial charge is 0.243 e. The third-order valence-electron chi connectivity index (χ3n) is 7.37. The van der Waals surface area contributed by atoms with E-state index in [0.717, 1.165) is 6.54 Å². The van der Waals surface area contributed by atoms with E-state index < -0.39 is 19.0 Å². The maximum atomic E-state index is 15.0. The number of fused-ring (bicyclic) bond motifs is 2. The molecule has 36 heavy (non-hydrogen) atoms. The van der Waals surface area contributed by atoms with Gasteiger partial charge in [0.15, 0.2) is 17.6 Å². The van der Waals surface area contributed by atoms with E-state index in [1.807, 2.05) is 6.07 Å². The second kappa shape index (κ2) is 9.23. The molecule has 5 heterocycles. The maximum Gasteiger partial charge on any atom is 0.243 e. The molecule has 0 bridgehead atoms. The topological polar surface area (TPSA) is 87.7 Å². The molecule has 1 aliphatic carbocycles. The minimum Gasteiger partial charge on any atom is -0.371 e. The number of rotatable bonds is 7. The second-order valence-corrected chi connectivity index (χ2v) is 9.49. The van der Waals surface area contributed by atoms with Crippen molar-refractivity contribution in [1.29, 1.82) is 0 Å². The van der Waals surface area contributed by atoms with E-state index in [2.05, 4.69) is 35.7 Å². The summed E-state index contributed by atoms with van der Waals surface area (Å²) >= 11 is 0. The van der Waals surface area contributed by atoms with E-state index in [1.165, 1.54) is 30.0 Å². The number of hydrogen-bond acceptors (Lipinski definition) is 7. The van der Waals surface area contributed by atoms with Crippen molar-refractivity contribution in [3.8, 4) is 11.3 Å². The lowest BCUT2D eigenvalue weighted by Gasteiger charge is -2.43. The van der Waals surface area contributed by atoms with Gasteiger partial charge in [-0.1, -0.05) is 6.42 Å². The number of nitrogens with one attached hydrogen (secondary N) is 2. The predicted molar refractivity (Wildman–Crippen MR) is 130 cm³/mol. The fraction of sp³-hybridized carbons (Fsp3) is 0.500. The maximum absolute atomic E-state index is 15.0. The van der Waals surface area contributed by atoms with E-state index in [9.17, 15) is 13.2 Å². The van der Waals surface area contributed by atoms with Crippen LogP contribution in [0.5, 0.6) is 0 Å². The molecular formula is C24H28F3N9. The SMILES string of the molecule is CNc1nc(NC2CCN(C3CCC3)CC2F)nn2ccc(-c3ccn4ncc(C(F)CF)c4n3)c12. The molecule has 9 nitrogen and oxygen atoms in total. The molecule has 1 aliphatic heterocycles. The lowest BCUT2D eigenvalue weighted by molar-refractivity contribution is 0.0552. The van der Waals surface area contributed by atoms with Crippen molar-refractivity contribution in [1.82, 2.24) is 34.1 Å². The number of anilines is 2. The van der Waals surface area contributed by atoms with Crippen molar-refractivity contribution in [2.75, 3.05) is 37.4 Å². The number of alkyl halides is 3. The molecule has 4 aromatic heterocycles. The van der Waals surface area contributed by atoms with Gasteiger partial charge in [-0.15, -0.1) is 5.10 Å². The van der Waals surface area contributed by atoms with E-state index in [-0.39, 0.29) is 17.3 Å². The molecule has 1 saturated carbocycles. The number of likely N-dealkylation sites (tertiary alicyclic amines) is 1. The van der Waals surface area contributed by atoms with Crippen LogP contribution in [0, 0.1) is 0 Å². The van der Waals surface area contributed by atoms with Crippen LogP contribution in [0.2, 0.25) is 0 Å². The summed E-state index contributed by atoms with van der Waals surface area (Å²) in [5.74, 6) is 0.876. The minimum absolute atomic E-state index is 0.101. The summed E-state index contributed by atoms with van der Waals surface area (Å²) in [5, 5.41) is 14.9. The highest BCUT2D eigenvalue weighted by atomic mass is 19.2. The van der Waals surface area contributed by atoms with Gasteiger partial charge in [-0.05, 0) is 31.4 Å². The Balaban J connectivity index is 1.29. The largest absolute Gasteiger partial charge is 0.371 e. The molecule has 6 rings (SSSR count). The predicted octanol–water partition coefficient (Wildman–Crippen LogP) is 3.84. The fourth-order valence-corrected chi connectivity index (χ4v) is 5.15. The van der Waals surface area contributed by atoms with Crippen molar-refractivity contribution in [3.63, 3.8) is 0 Å². The summed E-state index contributed by atoms with van der Waals surface area (Å²) in [4.78, 5) is 11.4. The van der Waals surface area contributed by atoms with Crippen LogP contribution in [-0.2, 0) is 0 Å². The Labute approximate surface area is 205 Å². The van der Waals surface area contributed by atoms with E-state index >= 15 is 0 Å². The third kappa shape index (κ3) is 3.93. The first-order chi connectivity index (χ1) is 17.6. The highest BCUT2D eigenvalue weighted by Crippen LogP contribution is 2.32. The molecule has 1 saturated heterocycles. The number of halogens is 3. The van der Waals surface area contributed by atoms with Crippen molar-refractivity contribution < 1.29 is 13.2 Å². The van der Waals surface area contributed by atoms with Crippen LogP contribution in [0.1, 0.15) is 37.4 Å². The fourth-order valence-electron chi connectivity index (χ4n) is 5.15. The number of nitrogens with zero attached hydrogens (tertiary/aromatic N) is 7. The molecule has 0 amide bonds. The van der Waals surface area contributed by atoms with Crippen LogP contribution in [-0.4, -0.2) is 79.2 Å². The van der Waals surface area contributed by atoms with Gasteiger partial charge in [0.2, 0.25) is 5.95 Å². The molecule has 0 spiro atoms. The molecule has 12 heteroatoms. The zero-order valence-corrected chi connectivity index (χ0v) is 19.9. The molecule has 2 N–H and O–H groups in total. The summed E-state index contributed by atoms with van der Waals surface area (Å²) in [6, 6.07) is 3.76. The van der Waals surface area contributed by atoms with Gasteiger partial charge >= 0.3 is 0 Å². The van der Waals surface area contributed by atoms with Gasteiger partial charge in [0.05, 0.1) is 23.5 Å².